The molecule has 4 rings (SSSR count). The van der Waals surface area contributed by atoms with Crippen molar-refractivity contribution in [3.8, 4) is 17.1 Å². The van der Waals surface area contributed by atoms with E-state index in [2.05, 4.69) is 10.3 Å². The van der Waals surface area contributed by atoms with Crippen molar-refractivity contribution in [2.75, 3.05) is 33.4 Å². The first-order valence-electron chi connectivity index (χ1n) is 8.58. The SMILES string of the molecule is COc1ccc(-c2nc3c([nH]2)CN(C(=O)C2CNCCO2)CC3)cc1.Cl.Cl. The van der Waals surface area contributed by atoms with Crippen LogP contribution in [0.2, 0.25) is 0 Å². The van der Waals surface area contributed by atoms with Gasteiger partial charge in [0, 0.05) is 31.6 Å². The Hall–Kier alpha value is -1.80. The van der Waals surface area contributed by atoms with E-state index in [1.54, 1.807) is 7.11 Å². The number of fused-ring (bicyclic) bond motifs is 1. The molecule has 1 aromatic heterocycles. The van der Waals surface area contributed by atoms with Gasteiger partial charge in [0.25, 0.3) is 5.91 Å². The molecule has 2 aliphatic heterocycles. The van der Waals surface area contributed by atoms with E-state index in [9.17, 15) is 4.79 Å². The van der Waals surface area contributed by atoms with Crippen LogP contribution in [-0.4, -0.2) is 60.2 Å². The van der Waals surface area contributed by atoms with E-state index in [4.69, 9.17) is 14.5 Å². The summed E-state index contributed by atoms with van der Waals surface area (Å²) < 4.78 is 10.8. The first-order valence-corrected chi connectivity index (χ1v) is 8.58. The van der Waals surface area contributed by atoms with Crippen LogP contribution in [0.4, 0.5) is 0 Å². The zero-order valence-corrected chi connectivity index (χ0v) is 16.7. The second-order valence-electron chi connectivity index (χ2n) is 6.31. The highest BCUT2D eigenvalue weighted by molar-refractivity contribution is 5.85. The molecule has 2 aliphatic rings. The van der Waals surface area contributed by atoms with Crippen molar-refractivity contribution in [1.82, 2.24) is 20.2 Å². The largest absolute Gasteiger partial charge is 0.497 e. The summed E-state index contributed by atoms with van der Waals surface area (Å²) in [4.78, 5) is 22.6. The number of hydrogen-bond acceptors (Lipinski definition) is 5. The fourth-order valence-electron chi connectivity index (χ4n) is 3.30. The minimum Gasteiger partial charge on any atom is -0.497 e. The van der Waals surface area contributed by atoms with Crippen LogP contribution in [0.3, 0.4) is 0 Å². The lowest BCUT2D eigenvalue weighted by Crippen LogP contribution is -2.50. The molecule has 1 amide bonds. The van der Waals surface area contributed by atoms with Crippen molar-refractivity contribution in [2.45, 2.75) is 19.1 Å². The molecule has 2 N–H and O–H groups in total. The van der Waals surface area contributed by atoms with Crippen molar-refractivity contribution in [3.05, 3.63) is 35.7 Å². The van der Waals surface area contributed by atoms with Crippen LogP contribution >= 0.6 is 24.8 Å². The molecule has 0 bridgehead atoms. The fraction of sp³-hybridized carbons (Fsp3) is 0.444. The van der Waals surface area contributed by atoms with Gasteiger partial charge >= 0.3 is 0 Å². The third kappa shape index (κ3) is 4.55. The van der Waals surface area contributed by atoms with Crippen LogP contribution in [0.25, 0.3) is 11.4 Å². The van der Waals surface area contributed by atoms with Crippen molar-refractivity contribution in [3.63, 3.8) is 0 Å². The molecule has 1 aromatic carbocycles. The highest BCUT2D eigenvalue weighted by Gasteiger charge is 2.30. The Morgan fingerprint density at radius 3 is 2.74 bits per heavy atom. The third-order valence-electron chi connectivity index (χ3n) is 4.71. The lowest BCUT2D eigenvalue weighted by Gasteiger charge is -2.31. The smallest absolute Gasteiger partial charge is 0.253 e. The van der Waals surface area contributed by atoms with Gasteiger partial charge in [-0.25, -0.2) is 4.98 Å². The Kier molecular flexibility index (Phi) is 7.49. The Labute approximate surface area is 170 Å². The van der Waals surface area contributed by atoms with Crippen molar-refractivity contribution < 1.29 is 14.3 Å². The number of nitrogens with zero attached hydrogens (tertiary/aromatic N) is 2. The monoisotopic (exact) mass is 414 g/mol. The summed E-state index contributed by atoms with van der Waals surface area (Å²) in [6.45, 7) is 3.21. The molecule has 1 fully saturated rings. The number of imidazole rings is 1. The number of methoxy groups -OCH3 is 1. The average molecular weight is 415 g/mol. The lowest BCUT2D eigenvalue weighted by molar-refractivity contribution is -0.146. The maximum Gasteiger partial charge on any atom is 0.253 e. The topological polar surface area (TPSA) is 79.5 Å². The van der Waals surface area contributed by atoms with Crippen molar-refractivity contribution >= 4 is 30.7 Å². The zero-order chi connectivity index (χ0) is 17.2. The number of nitrogens with one attached hydrogen (secondary N) is 2. The van der Waals surface area contributed by atoms with E-state index in [1.165, 1.54) is 0 Å². The van der Waals surface area contributed by atoms with Gasteiger partial charge in [-0.2, -0.15) is 0 Å². The molecule has 7 nitrogen and oxygen atoms in total. The molecule has 2 aromatic rings. The number of carbonyl (C=O) groups is 1. The lowest BCUT2D eigenvalue weighted by atomic mass is 10.1. The number of rotatable bonds is 3. The molecule has 0 spiro atoms. The van der Waals surface area contributed by atoms with E-state index in [0.717, 1.165) is 41.5 Å². The molecular weight excluding hydrogens is 391 g/mol. The first-order chi connectivity index (χ1) is 12.2. The van der Waals surface area contributed by atoms with Gasteiger partial charge in [-0.3, -0.25) is 4.79 Å². The molecule has 9 heteroatoms. The van der Waals surface area contributed by atoms with Gasteiger partial charge in [0.15, 0.2) is 0 Å². The fourth-order valence-corrected chi connectivity index (χ4v) is 3.30. The van der Waals surface area contributed by atoms with E-state index in [1.807, 2.05) is 29.2 Å². The summed E-state index contributed by atoms with van der Waals surface area (Å²) in [5.41, 5.74) is 3.06. The third-order valence-corrected chi connectivity index (χ3v) is 4.71. The summed E-state index contributed by atoms with van der Waals surface area (Å²) in [6, 6.07) is 7.79. The van der Waals surface area contributed by atoms with E-state index in [0.29, 0.717) is 26.2 Å². The number of amides is 1. The number of halogens is 2. The predicted molar refractivity (Wildman–Crippen MR) is 107 cm³/mol. The maximum absolute atomic E-state index is 12.6. The van der Waals surface area contributed by atoms with Crippen LogP contribution in [0.1, 0.15) is 11.4 Å². The van der Waals surface area contributed by atoms with Gasteiger partial charge in [-0.1, -0.05) is 0 Å². The summed E-state index contributed by atoms with van der Waals surface area (Å²) in [7, 11) is 1.65. The average Bonchev–Trinajstić information content (AvgIpc) is 3.11. The van der Waals surface area contributed by atoms with Gasteiger partial charge in [0.05, 0.1) is 31.6 Å². The quantitative estimate of drug-likeness (QED) is 0.800. The highest BCUT2D eigenvalue weighted by Crippen LogP contribution is 2.25. The minimum absolute atomic E-state index is 0. The predicted octanol–water partition coefficient (Wildman–Crippen LogP) is 1.80. The molecular formula is C18H24Cl2N4O3. The van der Waals surface area contributed by atoms with Gasteiger partial charge in [0.1, 0.15) is 17.7 Å². The number of morpholine rings is 1. The van der Waals surface area contributed by atoms with Crippen LogP contribution in [0.5, 0.6) is 5.75 Å². The first kappa shape index (κ1) is 21.5. The number of carbonyl (C=O) groups excluding carboxylic acids is 1. The number of hydrogen-bond donors (Lipinski definition) is 2. The normalized spacial score (nSPS) is 18.7. The van der Waals surface area contributed by atoms with Crippen molar-refractivity contribution in [2.24, 2.45) is 0 Å². The molecule has 1 atom stereocenters. The Bertz CT molecular complexity index is 760. The van der Waals surface area contributed by atoms with E-state index in [-0.39, 0.29) is 36.8 Å². The van der Waals surface area contributed by atoms with E-state index < -0.39 is 0 Å². The van der Waals surface area contributed by atoms with Crippen molar-refractivity contribution in [1.29, 1.82) is 0 Å². The number of ether oxygens (including phenoxy) is 2. The maximum atomic E-state index is 12.6. The Balaban J connectivity index is 0.00000131. The Morgan fingerprint density at radius 2 is 2.07 bits per heavy atom. The molecule has 3 heterocycles. The second kappa shape index (κ2) is 9.41. The molecule has 0 radical (unpaired) electrons. The highest BCUT2D eigenvalue weighted by atomic mass is 35.5. The van der Waals surface area contributed by atoms with Gasteiger partial charge < -0.3 is 24.7 Å². The van der Waals surface area contributed by atoms with Gasteiger partial charge in [0.2, 0.25) is 0 Å². The van der Waals surface area contributed by atoms with E-state index >= 15 is 0 Å². The van der Waals surface area contributed by atoms with Crippen LogP contribution < -0.4 is 10.1 Å². The summed E-state index contributed by atoms with van der Waals surface area (Å²) in [6.07, 6.45) is 0.382. The molecule has 1 unspecified atom stereocenters. The molecule has 0 saturated carbocycles. The summed E-state index contributed by atoms with van der Waals surface area (Å²) >= 11 is 0. The molecule has 148 valence electrons. The number of aromatic nitrogens is 2. The Morgan fingerprint density at radius 1 is 1.30 bits per heavy atom. The molecule has 27 heavy (non-hydrogen) atoms. The number of benzene rings is 1. The van der Waals surface area contributed by atoms with Gasteiger partial charge in [-0.15, -0.1) is 24.8 Å². The summed E-state index contributed by atoms with van der Waals surface area (Å²) in [5, 5.41) is 3.21. The second-order valence-corrected chi connectivity index (χ2v) is 6.31. The minimum atomic E-state index is -0.376. The molecule has 1 saturated heterocycles. The number of aromatic amines is 1. The number of H-pyrrole nitrogens is 1. The summed E-state index contributed by atoms with van der Waals surface area (Å²) in [5.74, 6) is 1.70. The zero-order valence-electron chi connectivity index (χ0n) is 15.1. The van der Waals surface area contributed by atoms with Gasteiger partial charge in [-0.05, 0) is 24.3 Å². The molecule has 0 aliphatic carbocycles. The van der Waals surface area contributed by atoms with Crippen LogP contribution in [0.15, 0.2) is 24.3 Å². The standard InChI is InChI=1S/C18H22N4O3.2ClH/c1-24-13-4-2-12(3-5-13)17-20-14-6-8-22(11-15(14)21-17)18(23)16-10-19-7-9-25-16;;/h2-5,16,19H,6-11H2,1H3,(H,20,21);2*1H. The van der Waals surface area contributed by atoms with Crippen LogP contribution in [0, 0.1) is 0 Å². The van der Waals surface area contributed by atoms with Crippen LogP contribution in [-0.2, 0) is 22.5 Å².